The molecular formula is C17H29N3S. The summed E-state index contributed by atoms with van der Waals surface area (Å²) in [5.74, 6) is 0.773. The van der Waals surface area contributed by atoms with Gasteiger partial charge in [-0.3, -0.25) is 0 Å². The lowest BCUT2D eigenvalue weighted by Crippen LogP contribution is -2.28. The quantitative estimate of drug-likeness (QED) is 0.820. The first-order valence-corrected chi connectivity index (χ1v) is 9.50. The molecule has 1 atom stereocenters. The van der Waals surface area contributed by atoms with E-state index < -0.39 is 0 Å². The molecule has 1 unspecified atom stereocenters. The number of nitrogens with one attached hydrogen (secondary N) is 1. The van der Waals surface area contributed by atoms with Crippen molar-refractivity contribution < 1.29 is 0 Å². The SMILES string of the molecule is CCNC1CCCc2sc(N(CCC(C)C)C3CC3)nc21. The smallest absolute Gasteiger partial charge is 0.186 e. The minimum Gasteiger partial charge on any atom is -0.345 e. The zero-order chi connectivity index (χ0) is 14.8. The molecule has 1 aromatic heterocycles. The van der Waals surface area contributed by atoms with E-state index in [-0.39, 0.29) is 0 Å². The normalized spacial score (nSPS) is 21.6. The van der Waals surface area contributed by atoms with Gasteiger partial charge in [0.25, 0.3) is 0 Å². The Kier molecular flexibility index (Phi) is 4.85. The van der Waals surface area contributed by atoms with Crippen LogP contribution in [0, 0.1) is 5.92 Å². The minimum atomic E-state index is 0.495. The minimum absolute atomic E-state index is 0.495. The third kappa shape index (κ3) is 3.59. The highest BCUT2D eigenvalue weighted by Gasteiger charge is 2.33. The largest absolute Gasteiger partial charge is 0.345 e. The van der Waals surface area contributed by atoms with Crippen LogP contribution in [0.25, 0.3) is 0 Å². The molecule has 0 radical (unpaired) electrons. The molecule has 118 valence electrons. The van der Waals surface area contributed by atoms with Crippen molar-refractivity contribution >= 4 is 16.5 Å². The van der Waals surface area contributed by atoms with E-state index in [0.29, 0.717) is 6.04 Å². The first-order valence-electron chi connectivity index (χ1n) is 8.68. The summed E-state index contributed by atoms with van der Waals surface area (Å²) in [5, 5.41) is 4.91. The van der Waals surface area contributed by atoms with Crippen LogP contribution in [0.15, 0.2) is 0 Å². The molecule has 21 heavy (non-hydrogen) atoms. The molecule has 0 amide bonds. The molecule has 1 saturated carbocycles. The molecular weight excluding hydrogens is 278 g/mol. The van der Waals surface area contributed by atoms with Gasteiger partial charge in [0.2, 0.25) is 0 Å². The zero-order valence-electron chi connectivity index (χ0n) is 13.7. The number of fused-ring (bicyclic) bond motifs is 1. The highest BCUT2D eigenvalue weighted by Crippen LogP contribution is 2.40. The zero-order valence-corrected chi connectivity index (χ0v) is 14.5. The Hall–Kier alpha value is -0.610. The van der Waals surface area contributed by atoms with Crippen LogP contribution in [0.1, 0.15) is 69.5 Å². The molecule has 3 rings (SSSR count). The maximum absolute atomic E-state index is 5.07. The van der Waals surface area contributed by atoms with Crippen molar-refractivity contribution in [3.63, 3.8) is 0 Å². The van der Waals surface area contributed by atoms with Gasteiger partial charge < -0.3 is 10.2 Å². The molecule has 1 heterocycles. The average molecular weight is 308 g/mol. The third-order valence-electron chi connectivity index (χ3n) is 4.57. The van der Waals surface area contributed by atoms with Crippen LogP contribution < -0.4 is 10.2 Å². The van der Waals surface area contributed by atoms with Gasteiger partial charge in [-0.25, -0.2) is 4.98 Å². The molecule has 0 bridgehead atoms. The van der Waals surface area contributed by atoms with Gasteiger partial charge in [-0.15, -0.1) is 11.3 Å². The lowest BCUT2D eigenvalue weighted by Gasteiger charge is -2.23. The van der Waals surface area contributed by atoms with E-state index in [4.69, 9.17) is 4.98 Å². The molecule has 1 N–H and O–H groups in total. The Morgan fingerprint density at radius 1 is 1.33 bits per heavy atom. The summed E-state index contributed by atoms with van der Waals surface area (Å²) < 4.78 is 0. The van der Waals surface area contributed by atoms with Crippen LogP contribution in [0.3, 0.4) is 0 Å². The molecule has 2 aliphatic rings. The lowest BCUT2D eigenvalue weighted by molar-refractivity contribution is 0.465. The standard InChI is InChI=1S/C17H29N3S/c1-4-18-14-6-5-7-15-16(14)19-17(21-15)20(13-8-9-13)11-10-12(2)3/h12-14,18H,4-11H2,1-3H3. The number of aryl methyl sites for hydroxylation is 1. The maximum atomic E-state index is 5.07. The fourth-order valence-corrected chi connectivity index (χ4v) is 4.45. The van der Waals surface area contributed by atoms with Crippen molar-refractivity contribution in [1.82, 2.24) is 10.3 Å². The van der Waals surface area contributed by atoms with Crippen molar-refractivity contribution in [2.45, 2.75) is 71.4 Å². The monoisotopic (exact) mass is 307 g/mol. The lowest BCUT2D eigenvalue weighted by atomic mass is 9.98. The van der Waals surface area contributed by atoms with Crippen molar-refractivity contribution in [2.75, 3.05) is 18.0 Å². The van der Waals surface area contributed by atoms with Gasteiger partial charge in [0.05, 0.1) is 11.7 Å². The third-order valence-corrected chi connectivity index (χ3v) is 5.74. The van der Waals surface area contributed by atoms with Crippen LogP contribution in [-0.4, -0.2) is 24.1 Å². The molecule has 4 heteroatoms. The van der Waals surface area contributed by atoms with E-state index in [9.17, 15) is 0 Å². The Bertz CT molecular complexity index is 465. The van der Waals surface area contributed by atoms with Crippen molar-refractivity contribution in [2.24, 2.45) is 5.92 Å². The van der Waals surface area contributed by atoms with Crippen molar-refractivity contribution in [1.29, 1.82) is 0 Å². The van der Waals surface area contributed by atoms with E-state index in [1.165, 1.54) is 60.8 Å². The summed E-state index contributed by atoms with van der Waals surface area (Å²) in [7, 11) is 0. The summed E-state index contributed by atoms with van der Waals surface area (Å²) in [4.78, 5) is 9.21. The highest BCUT2D eigenvalue weighted by atomic mass is 32.1. The fraction of sp³-hybridized carbons (Fsp3) is 0.824. The van der Waals surface area contributed by atoms with E-state index in [0.717, 1.165) is 18.5 Å². The van der Waals surface area contributed by atoms with Crippen molar-refractivity contribution in [3.05, 3.63) is 10.6 Å². The summed E-state index contributed by atoms with van der Waals surface area (Å²) in [6, 6.07) is 1.27. The first kappa shape index (κ1) is 15.3. The number of hydrogen-bond donors (Lipinski definition) is 1. The van der Waals surface area contributed by atoms with Crippen LogP contribution in [0.4, 0.5) is 5.13 Å². The molecule has 2 aliphatic carbocycles. The van der Waals surface area contributed by atoms with Gasteiger partial charge >= 0.3 is 0 Å². The number of anilines is 1. The van der Waals surface area contributed by atoms with Gasteiger partial charge in [-0.2, -0.15) is 0 Å². The van der Waals surface area contributed by atoms with Gasteiger partial charge in [0.15, 0.2) is 5.13 Å². The first-order chi connectivity index (χ1) is 10.2. The van der Waals surface area contributed by atoms with Crippen LogP contribution >= 0.6 is 11.3 Å². The Morgan fingerprint density at radius 3 is 2.81 bits per heavy atom. The Balaban J connectivity index is 1.77. The molecule has 0 aliphatic heterocycles. The topological polar surface area (TPSA) is 28.2 Å². The second-order valence-electron chi connectivity index (χ2n) is 6.91. The molecule has 0 spiro atoms. The number of nitrogens with zero attached hydrogens (tertiary/aromatic N) is 2. The molecule has 1 aromatic rings. The van der Waals surface area contributed by atoms with Crippen LogP contribution in [-0.2, 0) is 6.42 Å². The summed E-state index contributed by atoms with van der Waals surface area (Å²) >= 11 is 1.97. The van der Waals surface area contributed by atoms with E-state index in [2.05, 4.69) is 31.0 Å². The number of aromatic nitrogens is 1. The highest BCUT2D eigenvalue weighted by molar-refractivity contribution is 7.15. The van der Waals surface area contributed by atoms with Crippen molar-refractivity contribution in [3.8, 4) is 0 Å². The number of hydrogen-bond acceptors (Lipinski definition) is 4. The van der Waals surface area contributed by atoms with Gasteiger partial charge in [0.1, 0.15) is 0 Å². The predicted octanol–water partition coefficient (Wildman–Crippen LogP) is 4.14. The second-order valence-corrected chi connectivity index (χ2v) is 7.98. The van der Waals surface area contributed by atoms with E-state index >= 15 is 0 Å². The number of rotatable bonds is 7. The Morgan fingerprint density at radius 2 is 2.14 bits per heavy atom. The molecule has 0 aromatic carbocycles. The molecule has 0 saturated heterocycles. The van der Waals surface area contributed by atoms with E-state index in [1.54, 1.807) is 0 Å². The fourth-order valence-electron chi connectivity index (χ4n) is 3.19. The Labute approximate surface area is 133 Å². The van der Waals surface area contributed by atoms with E-state index in [1.807, 2.05) is 11.3 Å². The summed E-state index contributed by atoms with van der Waals surface area (Å²) in [5.41, 5.74) is 1.36. The summed E-state index contributed by atoms with van der Waals surface area (Å²) in [6.45, 7) is 9.05. The second kappa shape index (κ2) is 6.66. The predicted molar refractivity (Wildman–Crippen MR) is 91.3 cm³/mol. The van der Waals surface area contributed by atoms with Gasteiger partial charge in [-0.05, 0) is 51.0 Å². The van der Waals surface area contributed by atoms with Gasteiger partial charge in [0, 0.05) is 17.5 Å². The van der Waals surface area contributed by atoms with Crippen LogP contribution in [0.5, 0.6) is 0 Å². The summed E-state index contributed by atoms with van der Waals surface area (Å²) in [6.07, 6.45) is 7.79. The average Bonchev–Trinajstić information content (AvgIpc) is 3.18. The molecule has 1 fully saturated rings. The molecule has 3 nitrogen and oxygen atoms in total. The maximum Gasteiger partial charge on any atom is 0.186 e. The van der Waals surface area contributed by atoms with Crippen LogP contribution in [0.2, 0.25) is 0 Å². The van der Waals surface area contributed by atoms with Gasteiger partial charge in [-0.1, -0.05) is 20.8 Å². The number of thiazole rings is 1.